The number of fused-ring (bicyclic) bond motifs is 3. The van der Waals surface area contributed by atoms with Gasteiger partial charge in [0.2, 0.25) is 0 Å². The zero-order chi connectivity index (χ0) is 15.1. The normalized spacial score (nSPS) is 17.6. The number of hydrogen-bond acceptors (Lipinski definition) is 1. The van der Waals surface area contributed by atoms with Crippen LogP contribution in [-0.4, -0.2) is 10.1 Å². The molecule has 0 saturated carbocycles. The van der Waals surface area contributed by atoms with Crippen molar-refractivity contribution in [3.63, 3.8) is 0 Å². The van der Waals surface area contributed by atoms with Crippen molar-refractivity contribution in [1.29, 1.82) is 0 Å². The van der Waals surface area contributed by atoms with Gasteiger partial charge in [-0.3, -0.25) is 0 Å². The van der Waals surface area contributed by atoms with Crippen LogP contribution in [0.15, 0.2) is 42.5 Å². The minimum atomic E-state index is -0.185. The molecule has 0 aliphatic heterocycles. The molecule has 22 heavy (non-hydrogen) atoms. The first-order valence-corrected chi connectivity index (χ1v) is 7.78. The molecule has 0 fully saturated rings. The summed E-state index contributed by atoms with van der Waals surface area (Å²) in [5, 5.41) is 10.9. The van der Waals surface area contributed by atoms with Crippen LogP contribution in [0.4, 0.5) is 4.39 Å². The van der Waals surface area contributed by atoms with E-state index in [1.165, 1.54) is 34.3 Å². The molecule has 1 unspecified atom stereocenters. The van der Waals surface area contributed by atoms with Gasteiger partial charge in [0.05, 0.1) is 0 Å². The molecule has 0 saturated heterocycles. The average molecular weight is 295 g/mol. The van der Waals surface area contributed by atoms with E-state index in [0.29, 0.717) is 11.7 Å². The number of phenols is 1. The highest BCUT2D eigenvalue weighted by Crippen LogP contribution is 2.39. The lowest BCUT2D eigenvalue weighted by atomic mass is 9.81. The fourth-order valence-corrected chi connectivity index (χ4v) is 3.71. The molecule has 3 heteroatoms. The number of nitrogens with one attached hydrogen (secondary N) is 1. The maximum Gasteiger partial charge on any atom is 0.123 e. The summed E-state index contributed by atoms with van der Waals surface area (Å²) in [6.07, 6.45) is 4.31. The van der Waals surface area contributed by atoms with Crippen LogP contribution in [0.5, 0.6) is 5.75 Å². The van der Waals surface area contributed by atoms with Gasteiger partial charge in [0.1, 0.15) is 11.6 Å². The Morgan fingerprint density at radius 3 is 2.77 bits per heavy atom. The molecule has 1 atom stereocenters. The number of hydrogen-bond donors (Lipinski definition) is 2. The van der Waals surface area contributed by atoms with Crippen molar-refractivity contribution in [3.05, 3.63) is 65.1 Å². The molecule has 1 heterocycles. The summed E-state index contributed by atoms with van der Waals surface area (Å²) >= 11 is 0. The van der Waals surface area contributed by atoms with E-state index >= 15 is 0 Å². The third kappa shape index (κ3) is 2.27. The van der Waals surface area contributed by atoms with Crippen LogP contribution in [0.2, 0.25) is 0 Å². The summed E-state index contributed by atoms with van der Waals surface area (Å²) in [6, 6.07) is 12.4. The molecule has 3 aromatic rings. The first-order chi connectivity index (χ1) is 10.7. The van der Waals surface area contributed by atoms with E-state index in [1.54, 1.807) is 12.1 Å². The van der Waals surface area contributed by atoms with E-state index in [-0.39, 0.29) is 5.82 Å². The molecule has 0 amide bonds. The van der Waals surface area contributed by atoms with Crippen LogP contribution in [0.25, 0.3) is 10.9 Å². The minimum absolute atomic E-state index is 0.185. The van der Waals surface area contributed by atoms with E-state index in [9.17, 15) is 9.50 Å². The van der Waals surface area contributed by atoms with Crippen molar-refractivity contribution in [3.8, 4) is 5.75 Å². The van der Waals surface area contributed by atoms with Crippen LogP contribution in [0.3, 0.4) is 0 Å². The molecule has 1 aliphatic carbocycles. The Morgan fingerprint density at radius 2 is 1.95 bits per heavy atom. The van der Waals surface area contributed by atoms with E-state index in [1.807, 2.05) is 18.2 Å². The Labute approximate surface area is 128 Å². The number of aryl methyl sites for hydroxylation is 1. The maximum absolute atomic E-state index is 13.1. The van der Waals surface area contributed by atoms with Crippen molar-refractivity contribution < 1.29 is 9.50 Å². The monoisotopic (exact) mass is 295 g/mol. The van der Waals surface area contributed by atoms with Crippen LogP contribution in [-0.2, 0) is 12.8 Å². The Bertz CT molecular complexity index is 819. The number of aromatic amines is 1. The highest BCUT2D eigenvalue weighted by molar-refractivity contribution is 5.86. The third-order valence-corrected chi connectivity index (χ3v) is 4.69. The number of H-pyrrole nitrogens is 1. The molecular formula is C19H18FNO. The SMILES string of the molecule is Oc1ccc2c3c([nH]c2c1)CCCC3Cc1ccc(F)cc1. The number of phenolic OH excluding ortho intramolecular Hbond substituents is 1. The molecule has 1 aromatic heterocycles. The van der Waals surface area contributed by atoms with E-state index in [0.717, 1.165) is 31.2 Å². The smallest absolute Gasteiger partial charge is 0.123 e. The van der Waals surface area contributed by atoms with Gasteiger partial charge in [-0.15, -0.1) is 0 Å². The van der Waals surface area contributed by atoms with Gasteiger partial charge in [-0.25, -0.2) is 4.39 Å². The molecular weight excluding hydrogens is 277 g/mol. The molecule has 2 N–H and O–H groups in total. The van der Waals surface area contributed by atoms with Gasteiger partial charge >= 0.3 is 0 Å². The average Bonchev–Trinajstić information content (AvgIpc) is 2.88. The zero-order valence-electron chi connectivity index (χ0n) is 12.3. The first kappa shape index (κ1) is 13.4. The fraction of sp³-hybridized carbons (Fsp3) is 0.263. The lowest BCUT2D eigenvalue weighted by Crippen LogP contribution is -2.11. The molecule has 0 spiro atoms. The minimum Gasteiger partial charge on any atom is -0.508 e. The van der Waals surface area contributed by atoms with Crippen molar-refractivity contribution in [2.24, 2.45) is 0 Å². The predicted octanol–water partition coefficient (Wildman–Crippen LogP) is 4.68. The van der Waals surface area contributed by atoms with Crippen LogP contribution in [0, 0.1) is 5.82 Å². The number of rotatable bonds is 2. The maximum atomic E-state index is 13.1. The van der Waals surface area contributed by atoms with E-state index in [2.05, 4.69) is 4.98 Å². The summed E-state index contributed by atoms with van der Waals surface area (Å²) in [5.41, 5.74) is 4.85. The summed E-state index contributed by atoms with van der Waals surface area (Å²) in [4.78, 5) is 3.46. The zero-order valence-corrected chi connectivity index (χ0v) is 12.3. The topological polar surface area (TPSA) is 36.0 Å². The van der Waals surface area contributed by atoms with Gasteiger partial charge in [0.25, 0.3) is 0 Å². The second kappa shape index (κ2) is 5.16. The van der Waals surface area contributed by atoms with Crippen molar-refractivity contribution in [2.75, 3.05) is 0 Å². The second-order valence-corrected chi connectivity index (χ2v) is 6.17. The summed E-state index contributed by atoms with van der Waals surface area (Å²) in [7, 11) is 0. The fourth-order valence-electron chi connectivity index (χ4n) is 3.71. The standard InChI is InChI=1S/C19H18FNO/c20-14-6-4-12(5-7-14)10-13-2-1-3-17-19(13)16-9-8-15(22)11-18(16)21-17/h4-9,11,13,21-22H,1-3,10H2. The highest BCUT2D eigenvalue weighted by atomic mass is 19.1. The molecule has 1 aliphatic rings. The number of benzene rings is 2. The van der Waals surface area contributed by atoms with Gasteiger partial charge in [-0.1, -0.05) is 12.1 Å². The van der Waals surface area contributed by atoms with Crippen molar-refractivity contribution in [2.45, 2.75) is 31.6 Å². The van der Waals surface area contributed by atoms with E-state index < -0.39 is 0 Å². The van der Waals surface area contributed by atoms with Crippen molar-refractivity contribution in [1.82, 2.24) is 4.98 Å². The molecule has 4 rings (SSSR count). The quantitative estimate of drug-likeness (QED) is 0.708. The largest absolute Gasteiger partial charge is 0.508 e. The number of aromatic nitrogens is 1. The summed E-state index contributed by atoms with van der Waals surface area (Å²) < 4.78 is 13.1. The highest BCUT2D eigenvalue weighted by Gasteiger charge is 2.24. The predicted molar refractivity (Wildman–Crippen MR) is 85.7 cm³/mol. The molecule has 2 nitrogen and oxygen atoms in total. The molecule has 112 valence electrons. The summed E-state index contributed by atoms with van der Waals surface area (Å²) in [5.74, 6) is 0.560. The van der Waals surface area contributed by atoms with Crippen LogP contribution in [0.1, 0.15) is 35.6 Å². The first-order valence-electron chi connectivity index (χ1n) is 7.78. The van der Waals surface area contributed by atoms with Crippen LogP contribution < -0.4 is 0 Å². The van der Waals surface area contributed by atoms with E-state index in [4.69, 9.17) is 0 Å². The van der Waals surface area contributed by atoms with Gasteiger partial charge in [0, 0.05) is 22.7 Å². The van der Waals surface area contributed by atoms with Gasteiger partial charge in [0.15, 0.2) is 0 Å². The molecule has 0 radical (unpaired) electrons. The van der Waals surface area contributed by atoms with Crippen LogP contribution >= 0.6 is 0 Å². The Kier molecular flexibility index (Phi) is 3.14. The third-order valence-electron chi connectivity index (χ3n) is 4.69. The van der Waals surface area contributed by atoms with Gasteiger partial charge in [-0.05, 0) is 67.0 Å². The molecule has 2 aromatic carbocycles. The lowest BCUT2D eigenvalue weighted by Gasteiger charge is -2.23. The Balaban J connectivity index is 1.74. The Hall–Kier alpha value is -2.29. The lowest BCUT2D eigenvalue weighted by molar-refractivity contribution is 0.476. The van der Waals surface area contributed by atoms with Gasteiger partial charge in [-0.2, -0.15) is 0 Å². The number of halogens is 1. The molecule has 0 bridgehead atoms. The second-order valence-electron chi connectivity index (χ2n) is 6.17. The summed E-state index contributed by atoms with van der Waals surface area (Å²) in [6.45, 7) is 0. The Morgan fingerprint density at radius 1 is 1.14 bits per heavy atom. The number of aromatic hydroxyl groups is 1. The van der Waals surface area contributed by atoms with Crippen molar-refractivity contribution >= 4 is 10.9 Å². The van der Waals surface area contributed by atoms with Gasteiger partial charge < -0.3 is 10.1 Å².